The summed E-state index contributed by atoms with van der Waals surface area (Å²) >= 11 is 0. The van der Waals surface area contributed by atoms with Crippen LogP contribution in [0.4, 0.5) is 4.39 Å². The van der Waals surface area contributed by atoms with Gasteiger partial charge in [-0.15, -0.1) is 0 Å². The van der Waals surface area contributed by atoms with Crippen molar-refractivity contribution < 1.29 is 18.7 Å². The second-order valence-corrected chi connectivity index (χ2v) is 10.4. The maximum absolute atomic E-state index is 14.9. The average Bonchev–Trinajstić information content (AvgIpc) is 2.92. The van der Waals surface area contributed by atoms with Crippen molar-refractivity contribution in [2.24, 2.45) is 5.41 Å². The third-order valence-corrected chi connectivity index (χ3v) is 7.55. The van der Waals surface area contributed by atoms with Gasteiger partial charge in [0, 0.05) is 5.56 Å². The van der Waals surface area contributed by atoms with Crippen molar-refractivity contribution in [3.63, 3.8) is 0 Å². The van der Waals surface area contributed by atoms with Gasteiger partial charge in [-0.3, -0.25) is 0 Å². The maximum Gasteiger partial charge on any atom is 0.338 e. The van der Waals surface area contributed by atoms with E-state index in [0.717, 1.165) is 56.3 Å². The first-order valence-electron chi connectivity index (χ1n) is 14.2. The third kappa shape index (κ3) is 8.59. The molecule has 0 saturated heterocycles. The van der Waals surface area contributed by atoms with E-state index in [1.807, 2.05) is 24.3 Å². The minimum Gasteiger partial charge on any atom is -0.494 e. The van der Waals surface area contributed by atoms with E-state index in [-0.39, 0.29) is 17.1 Å². The lowest BCUT2D eigenvalue weighted by atomic mass is 9.71. The molecule has 0 radical (unpaired) electrons. The minimum atomic E-state index is -0.504. The van der Waals surface area contributed by atoms with Gasteiger partial charge in [0.05, 0.1) is 23.7 Å². The molecule has 0 N–H and O–H groups in total. The number of rotatable bonds is 14. The molecular weight excluding hydrogens is 465 g/mol. The largest absolute Gasteiger partial charge is 0.494 e. The number of carbonyl (C=O) groups excluding carboxylic acids is 1. The Hall–Kier alpha value is -2.87. The van der Waals surface area contributed by atoms with Crippen molar-refractivity contribution in [3.05, 3.63) is 53.8 Å². The Morgan fingerprint density at radius 2 is 1.65 bits per heavy atom. The second kappa shape index (κ2) is 14.8. The highest BCUT2D eigenvalue weighted by Gasteiger charge is 2.36. The molecule has 0 spiro atoms. The van der Waals surface area contributed by atoms with Crippen LogP contribution < -0.4 is 4.74 Å². The summed E-state index contributed by atoms with van der Waals surface area (Å²) in [4.78, 5) is 12.7. The summed E-state index contributed by atoms with van der Waals surface area (Å²) in [6.07, 6.45) is 12.8. The molecule has 5 heteroatoms. The van der Waals surface area contributed by atoms with E-state index in [9.17, 15) is 14.4 Å². The van der Waals surface area contributed by atoms with E-state index in [0.29, 0.717) is 25.0 Å². The summed E-state index contributed by atoms with van der Waals surface area (Å²) in [6, 6.07) is 14.4. The second-order valence-electron chi connectivity index (χ2n) is 10.4. The van der Waals surface area contributed by atoms with Crippen molar-refractivity contribution in [2.75, 3.05) is 6.61 Å². The first kappa shape index (κ1) is 28.7. The smallest absolute Gasteiger partial charge is 0.338 e. The Labute approximate surface area is 222 Å². The normalized spacial score (nSPS) is 19.2. The number of nitriles is 1. The predicted octanol–water partition coefficient (Wildman–Crippen LogP) is 9.03. The molecule has 0 atom stereocenters. The standard InChI is InChI=1S/C32H42FNO3/c1-3-5-7-8-9-19-32(24-34)20-17-28(18-21-32)37-31(35)26-13-16-29(30(33)23-26)25-11-14-27(15-12-25)36-22-10-6-4-2/h11-16,23,28H,3-10,17-22H2,1-2H3. The Kier molecular flexibility index (Phi) is 11.5. The molecule has 0 aromatic heterocycles. The molecule has 1 aliphatic carbocycles. The van der Waals surface area contributed by atoms with Crippen molar-refractivity contribution in [2.45, 2.75) is 103 Å². The van der Waals surface area contributed by atoms with Gasteiger partial charge < -0.3 is 9.47 Å². The van der Waals surface area contributed by atoms with E-state index in [4.69, 9.17) is 9.47 Å². The number of hydrogen-bond donors (Lipinski definition) is 0. The minimum absolute atomic E-state index is 0.213. The molecule has 37 heavy (non-hydrogen) atoms. The van der Waals surface area contributed by atoms with Crippen LogP contribution in [0.5, 0.6) is 5.75 Å². The van der Waals surface area contributed by atoms with Gasteiger partial charge in [0.15, 0.2) is 0 Å². The molecule has 3 rings (SSSR count). The van der Waals surface area contributed by atoms with Gasteiger partial charge in [0.2, 0.25) is 0 Å². The molecule has 1 saturated carbocycles. The molecular formula is C32H42FNO3. The van der Waals surface area contributed by atoms with Crippen LogP contribution in [0.15, 0.2) is 42.5 Å². The van der Waals surface area contributed by atoms with Crippen LogP contribution in [0.2, 0.25) is 0 Å². The van der Waals surface area contributed by atoms with Crippen molar-refractivity contribution in [1.29, 1.82) is 5.26 Å². The zero-order valence-corrected chi connectivity index (χ0v) is 22.6. The summed E-state index contributed by atoms with van der Waals surface area (Å²) in [6.45, 7) is 5.03. The molecule has 0 aliphatic heterocycles. The average molecular weight is 508 g/mol. The van der Waals surface area contributed by atoms with Gasteiger partial charge in [-0.25, -0.2) is 9.18 Å². The molecule has 2 aromatic rings. The van der Waals surface area contributed by atoms with E-state index >= 15 is 0 Å². The maximum atomic E-state index is 14.9. The fourth-order valence-electron chi connectivity index (χ4n) is 5.11. The van der Waals surface area contributed by atoms with Crippen molar-refractivity contribution in [3.8, 4) is 22.9 Å². The topological polar surface area (TPSA) is 59.3 Å². The van der Waals surface area contributed by atoms with Crippen LogP contribution in [0.25, 0.3) is 11.1 Å². The molecule has 1 fully saturated rings. The Morgan fingerprint density at radius 1 is 0.973 bits per heavy atom. The molecule has 2 aromatic carbocycles. The Morgan fingerprint density at radius 3 is 2.30 bits per heavy atom. The summed E-state index contributed by atoms with van der Waals surface area (Å²) in [5, 5.41) is 9.81. The van der Waals surface area contributed by atoms with E-state index in [2.05, 4.69) is 19.9 Å². The summed E-state index contributed by atoms with van der Waals surface area (Å²) in [5.74, 6) is -0.193. The Balaban J connectivity index is 1.51. The monoisotopic (exact) mass is 507 g/mol. The summed E-state index contributed by atoms with van der Waals surface area (Å²) in [5.41, 5.74) is 1.08. The van der Waals surface area contributed by atoms with E-state index in [1.54, 1.807) is 12.1 Å². The van der Waals surface area contributed by atoms with Gasteiger partial charge in [-0.1, -0.05) is 77.0 Å². The zero-order valence-electron chi connectivity index (χ0n) is 22.6. The lowest BCUT2D eigenvalue weighted by Gasteiger charge is -2.34. The number of nitrogens with zero attached hydrogens (tertiary/aromatic N) is 1. The number of esters is 1. The summed E-state index contributed by atoms with van der Waals surface area (Å²) in [7, 11) is 0. The van der Waals surface area contributed by atoms with E-state index in [1.165, 1.54) is 31.7 Å². The fraction of sp³-hybridized carbons (Fsp3) is 0.562. The summed E-state index contributed by atoms with van der Waals surface area (Å²) < 4.78 is 26.4. The molecule has 200 valence electrons. The number of ether oxygens (including phenoxy) is 2. The van der Waals surface area contributed by atoms with Crippen LogP contribution in [0, 0.1) is 22.6 Å². The molecule has 0 unspecified atom stereocenters. The number of carbonyl (C=O) groups is 1. The number of halogens is 1. The van der Waals surface area contributed by atoms with Crippen LogP contribution in [-0.2, 0) is 4.74 Å². The van der Waals surface area contributed by atoms with Gasteiger partial charge in [0.25, 0.3) is 0 Å². The lowest BCUT2D eigenvalue weighted by molar-refractivity contribution is 0.0104. The molecule has 0 heterocycles. The van der Waals surface area contributed by atoms with Gasteiger partial charge in [-0.2, -0.15) is 5.26 Å². The van der Waals surface area contributed by atoms with Crippen LogP contribution in [0.3, 0.4) is 0 Å². The quantitative estimate of drug-likeness (QED) is 0.189. The molecule has 1 aliphatic rings. The van der Waals surface area contributed by atoms with Gasteiger partial charge in [-0.05, 0) is 68.4 Å². The van der Waals surface area contributed by atoms with Crippen LogP contribution in [0.1, 0.15) is 108 Å². The van der Waals surface area contributed by atoms with Gasteiger partial charge in [0.1, 0.15) is 17.7 Å². The highest BCUT2D eigenvalue weighted by molar-refractivity contribution is 5.90. The fourth-order valence-corrected chi connectivity index (χ4v) is 5.11. The molecule has 4 nitrogen and oxygen atoms in total. The SMILES string of the molecule is CCCCCCCC1(C#N)CCC(OC(=O)c2ccc(-c3ccc(OCCCCC)cc3)c(F)c2)CC1. The first-order chi connectivity index (χ1) is 18.0. The Bertz CT molecular complexity index is 1020. The number of benzene rings is 2. The first-order valence-corrected chi connectivity index (χ1v) is 14.2. The molecule has 0 amide bonds. The number of hydrogen-bond acceptors (Lipinski definition) is 4. The number of unbranched alkanes of at least 4 members (excludes halogenated alkanes) is 6. The predicted molar refractivity (Wildman–Crippen MR) is 146 cm³/mol. The molecule has 0 bridgehead atoms. The third-order valence-electron chi connectivity index (χ3n) is 7.55. The van der Waals surface area contributed by atoms with Crippen molar-refractivity contribution >= 4 is 5.97 Å². The lowest BCUT2D eigenvalue weighted by Crippen LogP contribution is -2.31. The van der Waals surface area contributed by atoms with Crippen molar-refractivity contribution in [1.82, 2.24) is 0 Å². The zero-order chi connectivity index (χ0) is 26.5. The van der Waals surface area contributed by atoms with Crippen LogP contribution >= 0.6 is 0 Å². The van der Waals surface area contributed by atoms with E-state index < -0.39 is 11.8 Å². The highest BCUT2D eigenvalue weighted by Crippen LogP contribution is 2.41. The van der Waals surface area contributed by atoms with Gasteiger partial charge >= 0.3 is 5.97 Å². The highest BCUT2D eigenvalue weighted by atomic mass is 19.1. The van der Waals surface area contributed by atoms with Crippen LogP contribution in [-0.4, -0.2) is 18.7 Å².